The Labute approximate surface area is 336 Å². The quantitative estimate of drug-likeness (QED) is 0.0566. The molecule has 3 aliphatic rings. The number of hydroxylamine groups is 5. The minimum Gasteiger partial charge on any atom is -0.380 e. The predicted octanol–water partition coefficient (Wildman–Crippen LogP) is 1.88. The summed E-state index contributed by atoms with van der Waals surface area (Å²) in [6, 6.07) is 8.57. The van der Waals surface area contributed by atoms with Gasteiger partial charge in [-0.05, 0) is 49.1 Å². The van der Waals surface area contributed by atoms with E-state index in [1.165, 1.54) is 5.23 Å². The predicted molar refractivity (Wildman–Crippen MR) is 199 cm³/mol. The molecule has 0 spiro atoms. The van der Waals surface area contributed by atoms with Crippen LogP contribution in [0.5, 0.6) is 11.5 Å². The Hall–Kier alpha value is -3.39. The molecule has 19 nitrogen and oxygen atoms in total. The summed E-state index contributed by atoms with van der Waals surface area (Å²) in [5.41, 5.74) is 6.27. The number of unbranched alkanes of at least 4 members (excludes halogenated alkanes) is 2. The Bertz CT molecular complexity index is 1470. The van der Waals surface area contributed by atoms with Gasteiger partial charge < -0.3 is 53.9 Å². The normalized spacial score (nSPS) is 19.5. The molecule has 2 saturated heterocycles. The fraction of sp³-hybridized carbons (Fsp3) is 0.649. The maximum absolute atomic E-state index is 13.4. The first kappa shape index (κ1) is 45.7. The van der Waals surface area contributed by atoms with Gasteiger partial charge in [0.25, 0.3) is 11.7 Å². The maximum atomic E-state index is 13.4. The van der Waals surface area contributed by atoms with Crippen molar-refractivity contribution in [2.75, 3.05) is 111 Å². The molecular formula is C37H56F2N6O13. The molecule has 2 unspecified atom stereocenters. The van der Waals surface area contributed by atoms with Crippen LogP contribution in [0.3, 0.4) is 0 Å². The topological polar surface area (TPSA) is 193 Å². The molecule has 58 heavy (non-hydrogen) atoms. The molecule has 0 saturated carbocycles. The lowest BCUT2D eigenvalue weighted by Gasteiger charge is -2.26. The van der Waals surface area contributed by atoms with Gasteiger partial charge in [0.15, 0.2) is 5.75 Å². The number of rotatable bonds is 30. The van der Waals surface area contributed by atoms with Gasteiger partial charge in [-0.2, -0.15) is 5.06 Å². The smallest absolute Gasteiger partial charge is 0.282 e. The molecule has 3 heterocycles. The summed E-state index contributed by atoms with van der Waals surface area (Å²) in [6.45, 7) is 7.53. The second-order valence-electron chi connectivity index (χ2n) is 13.2. The third-order valence-corrected chi connectivity index (χ3v) is 8.66. The van der Waals surface area contributed by atoms with Gasteiger partial charge >= 0.3 is 0 Å². The Morgan fingerprint density at radius 2 is 1.55 bits per heavy atom. The Morgan fingerprint density at radius 3 is 2.24 bits per heavy atom. The molecular weight excluding hydrogens is 774 g/mol. The van der Waals surface area contributed by atoms with E-state index in [4.69, 9.17) is 52.7 Å². The van der Waals surface area contributed by atoms with Crippen molar-refractivity contribution in [1.82, 2.24) is 26.7 Å². The van der Waals surface area contributed by atoms with Crippen LogP contribution in [-0.4, -0.2) is 139 Å². The number of ether oxygens (including phenoxy) is 5. The van der Waals surface area contributed by atoms with Crippen LogP contribution in [0.4, 0.5) is 14.5 Å². The van der Waals surface area contributed by atoms with E-state index in [0.717, 1.165) is 43.1 Å². The van der Waals surface area contributed by atoms with Gasteiger partial charge in [0.2, 0.25) is 12.0 Å². The third-order valence-electron chi connectivity index (χ3n) is 8.66. The van der Waals surface area contributed by atoms with Crippen LogP contribution in [0.2, 0.25) is 0 Å². The highest BCUT2D eigenvalue weighted by Gasteiger charge is 2.44. The Morgan fingerprint density at radius 1 is 0.862 bits per heavy atom. The van der Waals surface area contributed by atoms with Crippen molar-refractivity contribution in [2.24, 2.45) is 0 Å². The molecule has 2 atom stereocenters. The summed E-state index contributed by atoms with van der Waals surface area (Å²) in [4.78, 5) is 45.1. The van der Waals surface area contributed by atoms with Crippen molar-refractivity contribution in [3.63, 3.8) is 0 Å². The number of aliphatic hydroxyl groups is 1. The van der Waals surface area contributed by atoms with Crippen LogP contribution in [0.15, 0.2) is 36.4 Å². The summed E-state index contributed by atoms with van der Waals surface area (Å²) in [5.74, 6) is -3.08. The lowest BCUT2D eigenvalue weighted by molar-refractivity contribution is -0.376. The highest BCUT2D eigenvalue weighted by molar-refractivity contribution is 5.83. The van der Waals surface area contributed by atoms with Gasteiger partial charge in [0.1, 0.15) is 11.6 Å². The summed E-state index contributed by atoms with van der Waals surface area (Å²) in [5, 5.41) is 19.2. The number of fused-ring (bicyclic) bond motifs is 1. The zero-order valence-electron chi connectivity index (χ0n) is 32.6. The monoisotopic (exact) mass is 830 g/mol. The lowest BCUT2D eigenvalue weighted by Crippen LogP contribution is -2.47. The second kappa shape index (κ2) is 26.0. The molecule has 5 rings (SSSR count). The largest absolute Gasteiger partial charge is 0.380 e. The van der Waals surface area contributed by atoms with Crippen molar-refractivity contribution in [3.05, 3.63) is 53.6 Å². The molecule has 1 amide bonds. The highest BCUT2D eigenvalue weighted by atomic mass is 19.1. The van der Waals surface area contributed by atoms with Crippen LogP contribution in [0.1, 0.15) is 37.7 Å². The van der Waals surface area contributed by atoms with E-state index in [0.29, 0.717) is 123 Å². The van der Waals surface area contributed by atoms with Crippen molar-refractivity contribution >= 4 is 11.6 Å². The zero-order valence-corrected chi connectivity index (χ0v) is 32.6. The first-order chi connectivity index (χ1) is 28.4. The molecule has 0 bridgehead atoms. The first-order valence-electron chi connectivity index (χ1n) is 19.6. The van der Waals surface area contributed by atoms with Crippen LogP contribution in [-0.2, 0) is 54.4 Å². The molecule has 0 aromatic heterocycles. The number of hydrogen-bond donors (Lipinski definition) is 5. The number of halogens is 2. The van der Waals surface area contributed by atoms with Crippen LogP contribution < -0.4 is 31.4 Å². The van der Waals surface area contributed by atoms with Crippen molar-refractivity contribution < 1.29 is 71.4 Å². The number of amides is 1. The van der Waals surface area contributed by atoms with E-state index in [2.05, 4.69) is 21.8 Å². The molecule has 0 aliphatic carbocycles. The summed E-state index contributed by atoms with van der Waals surface area (Å²) >= 11 is 0. The number of carbonyl (C=O) groups is 1. The van der Waals surface area contributed by atoms with Gasteiger partial charge in [-0.25, -0.2) is 14.3 Å². The Kier molecular flexibility index (Phi) is 20.4. The number of anilines is 1. The number of benzene rings is 2. The third kappa shape index (κ3) is 16.3. The van der Waals surface area contributed by atoms with E-state index in [-0.39, 0.29) is 18.5 Å². The van der Waals surface area contributed by atoms with E-state index in [1.807, 2.05) is 18.2 Å². The molecule has 2 aromatic rings. The standard InChI is InChI=1S/C37H56F2N6O13/c38-30-25-29(26-31(39)27-30)28-41-36(46)37(47)8-12-44(58-37)11-2-1-3-13-53-42-10-16-49-18-20-51-22-24-52-23-21-50-19-17-48-15-9-40-32-5-4-6-33-35(32)57-45(56-33)34-7-14-54-43-55-34/h4-6,25-27,34,40,42-43,47H,1-3,7-24,28H2,(H,41,46). The van der Waals surface area contributed by atoms with Gasteiger partial charge in [-0.1, -0.05) is 11.7 Å². The van der Waals surface area contributed by atoms with Gasteiger partial charge in [0.05, 0.1) is 90.2 Å². The van der Waals surface area contributed by atoms with Crippen molar-refractivity contribution in [3.8, 4) is 11.5 Å². The maximum Gasteiger partial charge on any atom is 0.282 e. The van der Waals surface area contributed by atoms with Gasteiger partial charge in [0, 0.05) is 51.6 Å². The van der Waals surface area contributed by atoms with E-state index in [9.17, 15) is 18.7 Å². The molecule has 2 fully saturated rings. The molecule has 21 heteroatoms. The number of nitrogens with one attached hydrogen (secondary N) is 4. The van der Waals surface area contributed by atoms with E-state index >= 15 is 0 Å². The van der Waals surface area contributed by atoms with E-state index < -0.39 is 29.6 Å². The van der Waals surface area contributed by atoms with E-state index in [1.54, 1.807) is 5.06 Å². The second-order valence-corrected chi connectivity index (χ2v) is 13.2. The summed E-state index contributed by atoms with van der Waals surface area (Å²) in [7, 11) is 0. The fourth-order valence-corrected chi connectivity index (χ4v) is 5.71. The molecule has 3 aliphatic heterocycles. The number of hydrogen-bond acceptors (Lipinski definition) is 18. The first-order valence-corrected chi connectivity index (χ1v) is 19.6. The number of nitrogens with zero attached hydrogens (tertiary/aromatic N) is 2. The van der Waals surface area contributed by atoms with Crippen LogP contribution in [0.25, 0.3) is 0 Å². The Balaban J connectivity index is 0.720. The van der Waals surface area contributed by atoms with Crippen LogP contribution in [0, 0.1) is 11.6 Å². The van der Waals surface area contributed by atoms with Gasteiger partial charge in [-0.3, -0.25) is 19.3 Å². The molecule has 326 valence electrons. The number of carbonyl (C=O) groups excluding carboxylic acids is 1. The molecule has 5 N–H and O–H groups in total. The van der Waals surface area contributed by atoms with Gasteiger partial charge in [-0.15, -0.1) is 0 Å². The molecule has 0 radical (unpaired) electrons. The van der Waals surface area contributed by atoms with Crippen molar-refractivity contribution in [1.29, 1.82) is 0 Å². The molecule has 2 aromatic carbocycles. The average Bonchev–Trinajstić information content (AvgIpc) is 3.84. The summed E-state index contributed by atoms with van der Waals surface area (Å²) in [6.07, 6.45) is 2.67. The fourth-order valence-electron chi connectivity index (χ4n) is 5.71. The van der Waals surface area contributed by atoms with Crippen molar-refractivity contribution in [2.45, 2.75) is 50.7 Å². The SMILES string of the molecule is O=C(NCc1cc(F)cc(F)c1)C1(O)CCN(CCCCCONCCOCCOCCOCCOCCOCCNc2cccc3c2ON(C2CCONO2)O3)O1. The number of para-hydroxylation sites is 1. The summed E-state index contributed by atoms with van der Waals surface area (Å²) < 4.78 is 54.5. The van der Waals surface area contributed by atoms with Crippen LogP contribution >= 0.6 is 0 Å². The zero-order chi connectivity index (χ0) is 40.7. The minimum absolute atomic E-state index is 0.0840. The lowest BCUT2D eigenvalue weighted by atomic mass is 10.1. The minimum atomic E-state index is -2.01. The highest BCUT2D eigenvalue weighted by Crippen LogP contribution is 2.41. The average molecular weight is 831 g/mol.